The second-order valence-electron chi connectivity index (χ2n) is 4.29. The maximum Gasteiger partial charge on any atom is 0.243 e. The Labute approximate surface area is 118 Å². The van der Waals surface area contributed by atoms with Gasteiger partial charge in [0.05, 0.1) is 4.90 Å². The van der Waals surface area contributed by atoms with Crippen molar-refractivity contribution < 1.29 is 21.2 Å². The number of nitrogens with one attached hydrogen (secondary N) is 1. The van der Waals surface area contributed by atoms with Crippen molar-refractivity contribution in [1.82, 2.24) is 4.72 Å². The van der Waals surface area contributed by atoms with E-state index in [0.717, 1.165) is 24.5 Å². The van der Waals surface area contributed by atoms with Gasteiger partial charge < -0.3 is 0 Å². The first-order chi connectivity index (χ1) is 9.08. The molecule has 0 amide bonds. The molecule has 0 aliphatic heterocycles. The van der Waals surface area contributed by atoms with Crippen LogP contribution in [0.3, 0.4) is 0 Å². The molecule has 0 saturated heterocycles. The largest absolute Gasteiger partial charge is 0.243 e. The molecule has 0 heterocycles. The molecule has 0 aliphatic rings. The minimum Gasteiger partial charge on any atom is -0.224 e. The summed E-state index contributed by atoms with van der Waals surface area (Å²) in [6.07, 6.45) is 6.10. The number of halogens is 1. The quantitative estimate of drug-likeness (QED) is 0.646. The molecule has 110 valence electrons. The van der Waals surface area contributed by atoms with Crippen molar-refractivity contribution in [2.45, 2.75) is 29.2 Å². The van der Waals surface area contributed by atoms with Gasteiger partial charge >= 0.3 is 0 Å². The predicted octanol–water partition coefficient (Wildman–Crippen LogP) is 0.919. The Balaban J connectivity index is 3.29. The highest BCUT2D eigenvalue weighted by molar-refractivity contribution is 7.91. The van der Waals surface area contributed by atoms with Gasteiger partial charge in [0.1, 0.15) is 10.7 Å². The lowest BCUT2D eigenvalue weighted by Gasteiger charge is -2.12. The van der Waals surface area contributed by atoms with Crippen LogP contribution in [-0.2, 0) is 19.9 Å². The first-order valence-electron chi connectivity index (χ1n) is 5.53. The van der Waals surface area contributed by atoms with Crippen molar-refractivity contribution in [3.63, 3.8) is 0 Å². The molecule has 0 aromatic heterocycles. The van der Waals surface area contributed by atoms with Crippen molar-refractivity contribution in [2.24, 2.45) is 0 Å². The smallest absolute Gasteiger partial charge is 0.224 e. The van der Waals surface area contributed by atoms with E-state index in [1.807, 2.05) is 0 Å². The van der Waals surface area contributed by atoms with Gasteiger partial charge in [0.25, 0.3) is 0 Å². The van der Waals surface area contributed by atoms with Crippen LogP contribution in [-0.4, -0.2) is 29.1 Å². The summed E-state index contributed by atoms with van der Waals surface area (Å²) in [5.41, 5.74) is 0. The summed E-state index contributed by atoms with van der Waals surface area (Å²) >= 11 is 0. The highest BCUT2D eigenvalue weighted by Crippen LogP contribution is 2.20. The molecule has 0 bridgehead atoms. The summed E-state index contributed by atoms with van der Waals surface area (Å²) in [7, 11) is -7.81. The molecule has 1 N–H and O–H groups in total. The van der Waals surface area contributed by atoms with Crippen LogP contribution in [0.25, 0.3) is 0 Å². The maximum absolute atomic E-state index is 13.6. The summed E-state index contributed by atoms with van der Waals surface area (Å²) in [5.74, 6) is 1.25. The van der Waals surface area contributed by atoms with Crippen molar-refractivity contribution in [2.75, 3.05) is 6.26 Å². The Hall–Kier alpha value is -1.43. The van der Waals surface area contributed by atoms with E-state index in [4.69, 9.17) is 6.42 Å². The lowest BCUT2D eigenvalue weighted by Crippen LogP contribution is -2.33. The molecule has 5 nitrogen and oxygen atoms in total. The van der Waals surface area contributed by atoms with E-state index in [1.165, 1.54) is 6.92 Å². The van der Waals surface area contributed by atoms with Crippen molar-refractivity contribution >= 4 is 19.9 Å². The van der Waals surface area contributed by atoms with E-state index in [2.05, 4.69) is 10.6 Å². The van der Waals surface area contributed by atoms with Crippen LogP contribution in [0.2, 0.25) is 0 Å². The lowest BCUT2D eigenvalue weighted by atomic mass is 10.3. The molecule has 0 radical (unpaired) electrons. The third kappa shape index (κ3) is 4.03. The molecular formula is C12H14FNO4S2. The molecule has 0 fully saturated rings. The van der Waals surface area contributed by atoms with E-state index in [0.29, 0.717) is 0 Å². The lowest BCUT2D eigenvalue weighted by molar-refractivity contribution is 0.543. The van der Waals surface area contributed by atoms with Crippen LogP contribution >= 0.6 is 0 Å². The fourth-order valence-electron chi connectivity index (χ4n) is 1.47. The molecule has 20 heavy (non-hydrogen) atoms. The molecule has 1 atom stereocenters. The number of rotatable bonds is 5. The van der Waals surface area contributed by atoms with Gasteiger partial charge in [-0.15, -0.1) is 12.3 Å². The van der Waals surface area contributed by atoms with Crippen molar-refractivity contribution in [3.05, 3.63) is 24.0 Å². The average molecular weight is 319 g/mol. The summed E-state index contributed by atoms with van der Waals surface area (Å²) in [6.45, 7) is 1.52. The summed E-state index contributed by atoms with van der Waals surface area (Å²) < 4.78 is 62.6. The fourth-order valence-corrected chi connectivity index (χ4v) is 3.54. The van der Waals surface area contributed by atoms with Crippen LogP contribution in [0.15, 0.2) is 28.0 Å². The molecule has 0 saturated carbocycles. The van der Waals surface area contributed by atoms with E-state index in [9.17, 15) is 21.2 Å². The second-order valence-corrected chi connectivity index (χ2v) is 7.99. The van der Waals surface area contributed by atoms with E-state index in [1.54, 1.807) is 0 Å². The molecule has 0 spiro atoms. The van der Waals surface area contributed by atoms with Crippen molar-refractivity contribution in [1.29, 1.82) is 0 Å². The van der Waals surface area contributed by atoms with Crippen LogP contribution in [0, 0.1) is 18.2 Å². The SMILES string of the molecule is C#CCC(C)NS(=O)(=O)c1cc(S(C)(=O)=O)ccc1F. The van der Waals surface area contributed by atoms with E-state index >= 15 is 0 Å². The Bertz CT molecular complexity index is 748. The van der Waals surface area contributed by atoms with Crippen molar-refractivity contribution in [3.8, 4) is 12.3 Å². The highest BCUT2D eigenvalue weighted by Gasteiger charge is 2.23. The third-order valence-electron chi connectivity index (χ3n) is 2.40. The zero-order chi connectivity index (χ0) is 15.6. The standard InChI is InChI=1S/C12H14FNO4S2/c1-4-5-9(2)14-20(17,18)12-8-10(19(3,15)16)6-7-11(12)13/h1,6-9,14H,5H2,2-3H3. The normalized spacial score (nSPS) is 13.7. The summed E-state index contributed by atoms with van der Waals surface area (Å²) in [4.78, 5) is -0.992. The Morgan fingerprint density at radius 2 is 1.95 bits per heavy atom. The zero-order valence-corrected chi connectivity index (χ0v) is 12.6. The average Bonchev–Trinajstić information content (AvgIpc) is 2.26. The number of sulfone groups is 1. The number of sulfonamides is 1. The highest BCUT2D eigenvalue weighted by atomic mass is 32.2. The van der Waals surface area contributed by atoms with E-state index in [-0.39, 0.29) is 11.3 Å². The van der Waals surface area contributed by atoms with E-state index < -0.39 is 36.6 Å². The molecule has 1 unspecified atom stereocenters. The third-order valence-corrected chi connectivity index (χ3v) is 5.12. The molecule has 1 aromatic rings. The van der Waals surface area contributed by atoms with Gasteiger partial charge in [-0.3, -0.25) is 0 Å². The van der Waals surface area contributed by atoms with Crippen LogP contribution in [0.4, 0.5) is 4.39 Å². The van der Waals surface area contributed by atoms with Crippen LogP contribution in [0.1, 0.15) is 13.3 Å². The maximum atomic E-state index is 13.6. The first kappa shape index (κ1) is 16.6. The minimum absolute atomic E-state index is 0.132. The summed E-state index contributed by atoms with van der Waals surface area (Å²) in [5, 5.41) is 0. The van der Waals surface area contributed by atoms with Crippen LogP contribution in [0.5, 0.6) is 0 Å². The summed E-state index contributed by atoms with van der Waals surface area (Å²) in [6, 6.07) is 2.01. The van der Waals surface area contributed by atoms with Gasteiger partial charge in [0.15, 0.2) is 9.84 Å². The van der Waals surface area contributed by atoms with Gasteiger partial charge in [0.2, 0.25) is 10.0 Å². The number of benzene rings is 1. The molecule has 0 aliphatic carbocycles. The first-order valence-corrected chi connectivity index (χ1v) is 8.91. The fraction of sp³-hybridized carbons (Fsp3) is 0.333. The van der Waals surface area contributed by atoms with Gasteiger partial charge in [-0.1, -0.05) is 0 Å². The topological polar surface area (TPSA) is 80.3 Å². The Morgan fingerprint density at radius 3 is 2.45 bits per heavy atom. The van der Waals surface area contributed by atoms with Gasteiger partial charge in [-0.25, -0.2) is 25.9 Å². The van der Waals surface area contributed by atoms with Gasteiger partial charge in [-0.2, -0.15) is 0 Å². The predicted molar refractivity (Wildman–Crippen MR) is 72.7 cm³/mol. The van der Waals surface area contributed by atoms with Gasteiger partial charge in [-0.05, 0) is 25.1 Å². The zero-order valence-electron chi connectivity index (χ0n) is 10.9. The second kappa shape index (κ2) is 5.91. The Morgan fingerprint density at radius 1 is 1.35 bits per heavy atom. The molecule has 8 heteroatoms. The molecular weight excluding hydrogens is 305 g/mol. The monoisotopic (exact) mass is 319 g/mol. The molecule has 1 rings (SSSR count). The van der Waals surface area contributed by atoms with Crippen LogP contribution < -0.4 is 4.72 Å². The Kier molecular flexibility index (Phi) is 4.91. The number of hydrogen-bond donors (Lipinski definition) is 1. The number of hydrogen-bond acceptors (Lipinski definition) is 4. The molecule has 1 aromatic carbocycles. The van der Waals surface area contributed by atoms with Gasteiger partial charge in [0, 0.05) is 18.7 Å². The minimum atomic E-state index is -4.18. The number of terminal acetylenes is 1.